The maximum atomic E-state index is 13.3. The van der Waals surface area contributed by atoms with Gasteiger partial charge in [0.05, 0.1) is 5.52 Å². The van der Waals surface area contributed by atoms with Crippen molar-refractivity contribution in [3.63, 3.8) is 0 Å². The molecule has 5 rings (SSSR count). The van der Waals surface area contributed by atoms with E-state index in [1.165, 1.54) is 5.56 Å². The summed E-state index contributed by atoms with van der Waals surface area (Å²) in [6, 6.07) is 18.6. The zero-order valence-corrected chi connectivity index (χ0v) is 15.6. The maximum absolute atomic E-state index is 13.3. The normalized spacial score (nSPS) is 20.8. The molecule has 2 aliphatic rings. The topological polar surface area (TPSA) is 42.0 Å². The lowest BCUT2D eigenvalue weighted by molar-refractivity contribution is -0.118. The molecule has 0 amide bonds. The van der Waals surface area contributed by atoms with E-state index >= 15 is 0 Å². The Balaban J connectivity index is 1.82. The van der Waals surface area contributed by atoms with E-state index in [1.807, 2.05) is 18.3 Å². The average Bonchev–Trinajstić information content (AvgIpc) is 2.66. The number of benzene rings is 2. The number of Topliss-reactive ketones (excluding diaryl/α,β-unsaturated/α-hetero) is 1. The van der Waals surface area contributed by atoms with Gasteiger partial charge in [0.2, 0.25) is 0 Å². The van der Waals surface area contributed by atoms with Gasteiger partial charge in [-0.2, -0.15) is 0 Å². The van der Waals surface area contributed by atoms with Crippen LogP contribution < -0.4 is 5.32 Å². The number of carbonyl (C=O) groups is 1. The number of nitrogens with zero attached hydrogens (tertiary/aromatic N) is 1. The minimum Gasteiger partial charge on any atom is -0.358 e. The number of aromatic nitrogens is 1. The van der Waals surface area contributed by atoms with Crippen LogP contribution >= 0.6 is 0 Å². The molecule has 0 saturated heterocycles. The van der Waals surface area contributed by atoms with Gasteiger partial charge in [-0.15, -0.1) is 0 Å². The van der Waals surface area contributed by atoms with E-state index in [-0.39, 0.29) is 17.1 Å². The third-order valence-electron chi connectivity index (χ3n) is 5.74. The van der Waals surface area contributed by atoms with Gasteiger partial charge in [0.25, 0.3) is 0 Å². The highest BCUT2D eigenvalue weighted by Crippen LogP contribution is 2.50. The summed E-state index contributed by atoms with van der Waals surface area (Å²) in [5.74, 6) is 0.211. The summed E-state index contributed by atoms with van der Waals surface area (Å²) in [5, 5.41) is 4.72. The Morgan fingerprint density at radius 3 is 2.63 bits per heavy atom. The van der Waals surface area contributed by atoms with Crippen molar-refractivity contribution in [1.29, 1.82) is 0 Å². The molecule has 0 unspecified atom stereocenters. The van der Waals surface area contributed by atoms with Crippen molar-refractivity contribution >= 4 is 22.4 Å². The minimum atomic E-state index is -0.0473. The van der Waals surface area contributed by atoms with E-state index in [9.17, 15) is 4.79 Å². The number of rotatable bonds is 1. The summed E-state index contributed by atoms with van der Waals surface area (Å²) < 4.78 is 0. The molecule has 3 heteroatoms. The predicted octanol–water partition coefficient (Wildman–Crippen LogP) is 5.44. The Morgan fingerprint density at radius 1 is 1.00 bits per heavy atom. The van der Waals surface area contributed by atoms with E-state index < -0.39 is 0 Å². The Hall–Kier alpha value is -2.94. The lowest BCUT2D eigenvalue weighted by Gasteiger charge is -2.39. The Kier molecular flexibility index (Phi) is 3.48. The molecule has 134 valence electrons. The van der Waals surface area contributed by atoms with Crippen molar-refractivity contribution in [3.8, 4) is 0 Å². The van der Waals surface area contributed by atoms with Gasteiger partial charge in [-0.05, 0) is 41.2 Å². The summed E-state index contributed by atoms with van der Waals surface area (Å²) in [7, 11) is 0. The number of anilines is 1. The van der Waals surface area contributed by atoms with Crippen LogP contribution in [0, 0.1) is 5.41 Å². The molecule has 1 aliphatic carbocycles. The van der Waals surface area contributed by atoms with Gasteiger partial charge in [-0.1, -0.05) is 50.2 Å². The van der Waals surface area contributed by atoms with Crippen molar-refractivity contribution in [3.05, 3.63) is 83.2 Å². The highest BCUT2D eigenvalue weighted by Gasteiger charge is 2.41. The highest BCUT2D eigenvalue weighted by atomic mass is 16.1. The predicted molar refractivity (Wildman–Crippen MR) is 109 cm³/mol. The van der Waals surface area contributed by atoms with Crippen LogP contribution in [0.3, 0.4) is 0 Å². The average molecular weight is 354 g/mol. The second-order valence-electron chi connectivity index (χ2n) is 8.40. The number of fused-ring (bicyclic) bond motifs is 3. The van der Waals surface area contributed by atoms with Crippen molar-refractivity contribution in [2.24, 2.45) is 5.41 Å². The van der Waals surface area contributed by atoms with Gasteiger partial charge in [0, 0.05) is 40.9 Å². The van der Waals surface area contributed by atoms with Gasteiger partial charge in [-0.3, -0.25) is 9.78 Å². The van der Waals surface area contributed by atoms with Crippen LogP contribution in [0.1, 0.15) is 43.7 Å². The molecule has 0 radical (unpaired) electrons. The van der Waals surface area contributed by atoms with Gasteiger partial charge in [-0.25, -0.2) is 0 Å². The molecule has 0 bridgehead atoms. The lowest BCUT2D eigenvalue weighted by atomic mass is 9.68. The Morgan fingerprint density at radius 2 is 1.81 bits per heavy atom. The summed E-state index contributed by atoms with van der Waals surface area (Å²) in [5.41, 5.74) is 6.39. The van der Waals surface area contributed by atoms with Crippen LogP contribution in [-0.2, 0) is 4.79 Å². The molecule has 1 N–H and O–H groups in total. The molecule has 2 heterocycles. The number of hydrogen-bond donors (Lipinski definition) is 1. The fraction of sp³-hybridized carbons (Fsp3) is 0.250. The molecule has 0 fully saturated rings. The van der Waals surface area contributed by atoms with Gasteiger partial charge in [0.1, 0.15) is 0 Å². The van der Waals surface area contributed by atoms with Crippen LogP contribution in [0.5, 0.6) is 0 Å². The highest BCUT2D eigenvalue weighted by molar-refractivity contribution is 6.04. The third-order valence-corrected chi connectivity index (χ3v) is 5.74. The summed E-state index contributed by atoms with van der Waals surface area (Å²) in [4.78, 5) is 17.8. The van der Waals surface area contributed by atoms with Gasteiger partial charge < -0.3 is 5.32 Å². The number of ketones is 1. The largest absolute Gasteiger partial charge is 0.358 e. The SMILES string of the molecule is CC1(C)CC(=O)C2=C(C1)Nc1ccc3ncccc3c1[C@H]2c1ccccc1. The molecule has 1 aromatic heterocycles. The monoisotopic (exact) mass is 354 g/mol. The standard InChI is InChI=1S/C24H22N2O/c1-24(2)13-19-23(20(27)14-24)21(15-7-4-3-5-8-15)22-16-9-6-12-25-17(16)10-11-18(22)26-19/h3-12,21,26H,13-14H2,1-2H3/t21-/m1/s1. The van der Waals surface area contributed by atoms with Crippen LogP contribution in [0.2, 0.25) is 0 Å². The molecule has 2 aromatic carbocycles. The second-order valence-corrected chi connectivity index (χ2v) is 8.40. The van der Waals surface area contributed by atoms with Crippen LogP contribution in [0.4, 0.5) is 5.69 Å². The van der Waals surface area contributed by atoms with Crippen molar-refractivity contribution in [2.75, 3.05) is 5.32 Å². The molecular formula is C24H22N2O. The lowest BCUT2D eigenvalue weighted by Crippen LogP contribution is -2.33. The van der Waals surface area contributed by atoms with E-state index in [1.54, 1.807) is 0 Å². The molecular weight excluding hydrogens is 332 g/mol. The van der Waals surface area contributed by atoms with Crippen molar-refractivity contribution in [1.82, 2.24) is 4.98 Å². The number of hydrogen-bond acceptors (Lipinski definition) is 3. The zero-order chi connectivity index (χ0) is 18.6. The third kappa shape index (κ3) is 2.57. The first-order chi connectivity index (χ1) is 13.0. The number of allylic oxidation sites excluding steroid dienone is 2. The van der Waals surface area contributed by atoms with Crippen LogP contribution in [-0.4, -0.2) is 10.8 Å². The van der Waals surface area contributed by atoms with E-state index in [4.69, 9.17) is 0 Å². The first-order valence-electron chi connectivity index (χ1n) is 9.49. The number of pyridine rings is 1. The summed E-state index contributed by atoms with van der Waals surface area (Å²) in [6.45, 7) is 4.35. The fourth-order valence-electron chi connectivity index (χ4n) is 4.66. The smallest absolute Gasteiger partial charge is 0.162 e. The summed E-state index contributed by atoms with van der Waals surface area (Å²) in [6.07, 6.45) is 3.30. The molecule has 1 atom stereocenters. The Labute approximate surface area is 159 Å². The molecule has 3 aromatic rings. The first-order valence-corrected chi connectivity index (χ1v) is 9.49. The van der Waals surface area contributed by atoms with E-state index in [0.29, 0.717) is 6.42 Å². The molecule has 0 spiro atoms. The second kappa shape index (κ2) is 5.78. The molecule has 0 saturated carbocycles. The Bertz CT molecular complexity index is 1100. The van der Waals surface area contributed by atoms with E-state index in [0.717, 1.165) is 39.8 Å². The number of carbonyl (C=O) groups excluding carboxylic acids is 1. The van der Waals surface area contributed by atoms with Gasteiger partial charge >= 0.3 is 0 Å². The minimum absolute atomic E-state index is 0.0138. The summed E-state index contributed by atoms with van der Waals surface area (Å²) >= 11 is 0. The molecule has 27 heavy (non-hydrogen) atoms. The van der Waals surface area contributed by atoms with Crippen LogP contribution in [0.25, 0.3) is 10.9 Å². The number of nitrogens with one attached hydrogen (secondary N) is 1. The maximum Gasteiger partial charge on any atom is 0.162 e. The fourth-order valence-corrected chi connectivity index (χ4v) is 4.66. The van der Waals surface area contributed by atoms with Crippen LogP contribution in [0.15, 0.2) is 72.1 Å². The van der Waals surface area contributed by atoms with E-state index in [2.05, 4.69) is 66.6 Å². The zero-order valence-electron chi connectivity index (χ0n) is 15.6. The molecule has 1 aliphatic heterocycles. The molecule has 3 nitrogen and oxygen atoms in total. The first kappa shape index (κ1) is 16.2. The van der Waals surface area contributed by atoms with Crippen molar-refractivity contribution in [2.45, 2.75) is 32.6 Å². The van der Waals surface area contributed by atoms with Gasteiger partial charge in [0.15, 0.2) is 5.78 Å². The quantitative estimate of drug-likeness (QED) is 0.633. The van der Waals surface area contributed by atoms with Crippen molar-refractivity contribution < 1.29 is 4.79 Å².